The first-order valence-corrected chi connectivity index (χ1v) is 8.63. The zero-order chi connectivity index (χ0) is 16.9. The molecule has 0 saturated heterocycles. The highest BCUT2D eigenvalue weighted by molar-refractivity contribution is 5.67. The van der Waals surface area contributed by atoms with Crippen LogP contribution in [0.2, 0.25) is 0 Å². The van der Waals surface area contributed by atoms with Gasteiger partial charge in [0, 0.05) is 25.3 Å². The molecule has 1 aliphatic carbocycles. The van der Waals surface area contributed by atoms with Crippen molar-refractivity contribution in [3.63, 3.8) is 0 Å². The summed E-state index contributed by atoms with van der Waals surface area (Å²) in [5.74, 6) is 0.418. The fraction of sp³-hybridized carbons (Fsp3) is 0.765. The molecule has 1 aromatic heterocycles. The van der Waals surface area contributed by atoms with Crippen LogP contribution < -0.4 is 10.6 Å². The van der Waals surface area contributed by atoms with E-state index in [1.54, 1.807) is 0 Å². The molecule has 2 unspecified atom stereocenters. The Hall–Kier alpha value is -1.72. The number of carbonyl (C=O) groups excluding carboxylic acids is 1. The molecule has 2 atom stereocenters. The standard InChI is InChI=1S/C17H30N4O2/c1-5-21-12-14(11-19-21)20-15-9-7-6-8-13(15)10-18-16(22)23-17(2,3)4/h11-13,15,20H,5-10H2,1-4H3,(H,18,22). The lowest BCUT2D eigenvalue weighted by atomic mass is 9.84. The number of hydrogen-bond acceptors (Lipinski definition) is 4. The van der Waals surface area contributed by atoms with Crippen molar-refractivity contribution in [3.05, 3.63) is 12.4 Å². The molecule has 1 saturated carbocycles. The predicted octanol–water partition coefficient (Wildman–Crippen LogP) is 3.40. The van der Waals surface area contributed by atoms with E-state index in [-0.39, 0.29) is 6.09 Å². The van der Waals surface area contributed by atoms with E-state index in [2.05, 4.69) is 22.7 Å². The van der Waals surface area contributed by atoms with Crippen LogP contribution in [0.4, 0.5) is 10.5 Å². The minimum atomic E-state index is -0.455. The third-order valence-corrected chi connectivity index (χ3v) is 4.13. The second-order valence-corrected chi connectivity index (χ2v) is 7.26. The van der Waals surface area contributed by atoms with E-state index in [0.717, 1.165) is 25.1 Å². The van der Waals surface area contributed by atoms with Gasteiger partial charge in [0.2, 0.25) is 0 Å². The number of aryl methyl sites for hydroxylation is 1. The first-order valence-electron chi connectivity index (χ1n) is 8.63. The van der Waals surface area contributed by atoms with Gasteiger partial charge >= 0.3 is 6.09 Å². The zero-order valence-electron chi connectivity index (χ0n) is 14.8. The fourth-order valence-corrected chi connectivity index (χ4v) is 3.00. The third kappa shape index (κ3) is 5.77. The molecular weight excluding hydrogens is 292 g/mol. The molecule has 130 valence electrons. The van der Waals surface area contributed by atoms with Crippen molar-refractivity contribution in [2.45, 2.75) is 71.6 Å². The first kappa shape index (κ1) is 17.6. The van der Waals surface area contributed by atoms with Gasteiger partial charge in [0.05, 0.1) is 11.9 Å². The van der Waals surface area contributed by atoms with Gasteiger partial charge < -0.3 is 15.4 Å². The second kappa shape index (κ2) is 7.70. The highest BCUT2D eigenvalue weighted by atomic mass is 16.6. The van der Waals surface area contributed by atoms with E-state index in [1.807, 2.05) is 37.8 Å². The molecular formula is C17H30N4O2. The summed E-state index contributed by atoms with van der Waals surface area (Å²) in [6.45, 7) is 9.23. The van der Waals surface area contributed by atoms with Crippen LogP contribution in [0.1, 0.15) is 53.4 Å². The maximum Gasteiger partial charge on any atom is 0.407 e. The minimum Gasteiger partial charge on any atom is -0.444 e. The summed E-state index contributed by atoms with van der Waals surface area (Å²) in [5, 5.41) is 10.8. The molecule has 2 rings (SSSR count). The second-order valence-electron chi connectivity index (χ2n) is 7.26. The smallest absolute Gasteiger partial charge is 0.407 e. The molecule has 0 radical (unpaired) electrons. The number of ether oxygens (including phenoxy) is 1. The van der Waals surface area contributed by atoms with Crippen molar-refractivity contribution < 1.29 is 9.53 Å². The number of alkyl carbamates (subject to hydrolysis) is 1. The number of aromatic nitrogens is 2. The van der Waals surface area contributed by atoms with Crippen molar-refractivity contribution in [1.29, 1.82) is 0 Å². The minimum absolute atomic E-state index is 0.333. The van der Waals surface area contributed by atoms with Crippen LogP contribution in [0.15, 0.2) is 12.4 Å². The van der Waals surface area contributed by atoms with E-state index in [4.69, 9.17) is 4.74 Å². The predicted molar refractivity (Wildman–Crippen MR) is 91.5 cm³/mol. The molecule has 2 N–H and O–H groups in total. The van der Waals surface area contributed by atoms with Gasteiger partial charge in [0.15, 0.2) is 0 Å². The van der Waals surface area contributed by atoms with Crippen molar-refractivity contribution in [3.8, 4) is 0 Å². The molecule has 1 heterocycles. The van der Waals surface area contributed by atoms with Gasteiger partial charge in [-0.25, -0.2) is 4.79 Å². The number of rotatable bonds is 5. The Bertz CT molecular complexity index is 507. The summed E-state index contributed by atoms with van der Waals surface area (Å²) < 4.78 is 7.23. The van der Waals surface area contributed by atoms with E-state index >= 15 is 0 Å². The van der Waals surface area contributed by atoms with Crippen LogP contribution in [0, 0.1) is 5.92 Å². The molecule has 0 spiro atoms. The average Bonchev–Trinajstić information content (AvgIpc) is 2.92. The first-order chi connectivity index (χ1) is 10.9. The third-order valence-electron chi connectivity index (χ3n) is 4.13. The zero-order valence-corrected chi connectivity index (χ0v) is 14.8. The van der Waals surface area contributed by atoms with Gasteiger partial charge in [-0.1, -0.05) is 12.8 Å². The van der Waals surface area contributed by atoms with E-state index in [1.165, 1.54) is 12.8 Å². The number of anilines is 1. The Kier molecular flexibility index (Phi) is 5.91. The average molecular weight is 322 g/mol. The SMILES string of the molecule is CCn1cc(NC2CCCCC2CNC(=O)OC(C)(C)C)cn1. The summed E-state index contributed by atoms with van der Waals surface area (Å²) in [4.78, 5) is 11.8. The fourth-order valence-electron chi connectivity index (χ4n) is 3.00. The van der Waals surface area contributed by atoms with Gasteiger partial charge in [0.1, 0.15) is 5.60 Å². The highest BCUT2D eigenvalue weighted by Crippen LogP contribution is 2.27. The van der Waals surface area contributed by atoms with Crippen LogP contribution in [-0.2, 0) is 11.3 Å². The Morgan fingerprint density at radius 3 is 2.78 bits per heavy atom. The lowest BCUT2D eigenvalue weighted by Crippen LogP contribution is -2.42. The lowest BCUT2D eigenvalue weighted by molar-refractivity contribution is 0.0514. The number of hydrogen-bond donors (Lipinski definition) is 2. The van der Waals surface area contributed by atoms with Gasteiger partial charge in [-0.05, 0) is 46.5 Å². The molecule has 0 aromatic carbocycles. The molecule has 6 nitrogen and oxygen atoms in total. The molecule has 1 aromatic rings. The number of nitrogens with zero attached hydrogens (tertiary/aromatic N) is 2. The molecule has 23 heavy (non-hydrogen) atoms. The number of nitrogens with one attached hydrogen (secondary N) is 2. The van der Waals surface area contributed by atoms with Crippen LogP contribution in [0.25, 0.3) is 0 Å². The summed E-state index contributed by atoms with van der Waals surface area (Å²) in [6.07, 6.45) is 8.26. The van der Waals surface area contributed by atoms with Crippen molar-refractivity contribution >= 4 is 11.8 Å². The topological polar surface area (TPSA) is 68.2 Å². The van der Waals surface area contributed by atoms with E-state index in [0.29, 0.717) is 18.5 Å². The van der Waals surface area contributed by atoms with Crippen LogP contribution >= 0.6 is 0 Å². The van der Waals surface area contributed by atoms with Crippen molar-refractivity contribution in [2.24, 2.45) is 5.92 Å². The summed E-state index contributed by atoms with van der Waals surface area (Å²) in [5.41, 5.74) is 0.601. The maximum absolute atomic E-state index is 11.8. The summed E-state index contributed by atoms with van der Waals surface area (Å²) in [6, 6.07) is 0.369. The van der Waals surface area contributed by atoms with Crippen LogP contribution in [0.5, 0.6) is 0 Å². The van der Waals surface area contributed by atoms with Gasteiger partial charge in [0.25, 0.3) is 0 Å². The molecule has 1 fully saturated rings. The Balaban J connectivity index is 1.86. The highest BCUT2D eigenvalue weighted by Gasteiger charge is 2.26. The summed E-state index contributed by atoms with van der Waals surface area (Å²) in [7, 11) is 0. The lowest BCUT2D eigenvalue weighted by Gasteiger charge is -2.33. The quantitative estimate of drug-likeness (QED) is 0.872. The van der Waals surface area contributed by atoms with E-state index in [9.17, 15) is 4.79 Å². The molecule has 1 aliphatic rings. The van der Waals surface area contributed by atoms with Gasteiger partial charge in [-0.2, -0.15) is 5.10 Å². The Morgan fingerprint density at radius 2 is 2.13 bits per heavy atom. The number of carbonyl (C=O) groups is 1. The molecule has 0 aliphatic heterocycles. The normalized spacial score (nSPS) is 21.7. The van der Waals surface area contributed by atoms with Crippen molar-refractivity contribution in [1.82, 2.24) is 15.1 Å². The molecule has 1 amide bonds. The Labute approximate surface area is 139 Å². The van der Waals surface area contributed by atoms with Gasteiger partial charge in [-0.15, -0.1) is 0 Å². The van der Waals surface area contributed by atoms with Crippen LogP contribution in [0.3, 0.4) is 0 Å². The number of amides is 1. The summed E-state index contributed by atoms with van der Waals surface area (Å²) >= 11 is 0. The molecule has 6 heteroatoms. The van der Waals surface area contributed by atoms with Gasteiger partial charge in [-0.3, -0.25) is 4.68 Å². The maximum atomic E-state index is 11.8. The van der Waals surface area contributed by atoms with Crippen LogP contribution in [-0.4, -0.2) is 34.1 Å². The molecule has 0 bridgehead atoms. The van der Waals surface area contributed by atoms with E-state index < -0.39 is 5.60 Å². The Morgan fingerprint density at radius 1 is 1.39 bits per heavy atom. The largest absolute Gasteiger partial charge is 0.444 e. The van der Waals surface area contributed by atoms with Crippen molar-refractivity contribution in [2.75, 3.05) is 11.9 Å². The monoisotopic (exact) mass is 322 g/mol.